The Kier molecular flexibility index (Phi) is 10.0. The Labute approximate surface area is 184 Å². The van der Waals surface area contributed by atoms with Gasteiger partial charge in [-0.15, -0.1) is 0 Å². The van der Waals surface area contributed by atoms with Gasteiger partial charge in [-0.25, -0.2) is 4.79 Å². The first-order chi connectivity index (χ1) is 14.8. The van der Waals surface area contributed by atoms with Gasteiger partial charge in [-0.3, -0.25) is 24.0 Å². The monoisotopic (exact) mass is 457 g/mol. The van der Waals surface area contributed by atoms with Crippen LogP contribution in [0, 0.1) is 5.92 Å². The molecular formula is C19H31N5O8. The average molecular weight is 457 g/mol. The predicted octanol–water partition coefficient (Wildman–Crippen LogP) is -2.24. The fraction of sp³-hybridized carbons (Fsp3) is 0.684. The second-order valence-electron chi connectivity index (χ2n) is 8.03. The van der Waals surface area contributed by atoms with Crippen LogP contribution in [-0.4, -0.2) is 81.4 Å². The Morgan fingerprint density at radius 3 is 2.22 bits per heavy atom. The molecule has 13 heteroatoms. The third-order valence-corrected chi connectivity index (χ3v) is 5.10. The summed E-state index contributed by atoms with van der Waals surface area (Å²) in [6.45, 7) is 3.59. The van der Waals surface area contributed by atoms with Gasteiger partial charge < -0.3 is 37.2 Å². The summed E-state index contributed by atoms with van der Waals surface area (Å²) in [4.78, 5) is 72.3. The molecule has 1 saturated heterocycles. The summed E-state index contributed by atoms with van der Waals surface area (Å²) >= 11 is 0. The lowest BCUT2D eigenvalue weighted by Crippen LogP contribution is -2.58. The third-order valence-electron chi connectivity index (χ3n) is 5.10. The molecule has 0 radical (unpaired) electrons. The van der Waals surface area contributed by atoms with E-state index in [1.807, 2.05) is 0 Å². The number of primary amides is 1. The summed E-state index contributed by atoms with van der Waals surface area (Å²) in [6, 6.07) is -4.70. The van der Waals surface area contributed by atoms with Crippen molar-refractivity contribution in [3.05, 3.63) is 0 Å². The van der Waals surface area contributed by atoms with Crippen LogP contribution in [0.4, 0.5) is 0 Å². The number of rotatable bonds is 12. The maximum Gasteiger partial charge on any atom is 0.326 e. The number of nitrogens with one attached hydrogen (secondary N) is 2. The highest BCUT2D eigenvalue weighted by Crippen LogP contribution is 2.21. The number of carboxylic acid groups (broad SMARTS) is 2. The summed E-state index contributed by atoms with van der Waals surface area (Å²) in [7, 11) is 0. The van der Waals surface area contributed by atoms with E-state index >= 15 is 0 Å². The Morgan fingerprint density at radius 2 is 1.72 bits per heavy atom. The van der Waals surface area contributed by atoms with E-state index in [-0.39, 0.29) is 31.7 Å². The molecule has 4 amide bonds. The number of carboxylic acids is 2. The minimum Gasteiger partial charge on any atom is -0.481 e. The highest BCUT2D eigenvalue weighted by atomic mass is 16.4. The van der Waals surface area contributed by atoms with E-state index in [1.54, 1.807) is 13.8 Å². The maximum absolute atomic E-state index is 13.1. The van der Waals surface area contributed by atoms with Gasteiger partial charge in [0.05, 0.1) is 12.5 Å². The van der Waals surface area contributed by atoms with Crippen molar-refractivity contribution in [2.45, 2.75) is 70.1 Å². The summed E-state index contributed by atoms with van der Waals surface area (Å²) in [5.74, 6) is -5.85. The Hall–Kier alpha value is -3.22. The number of carbonyl (C=O) groups excluding carboxylic acids is 4. The van der Waals surface area contributed by atoms with Crippen LogP contribution < -0.4 is 22.1 Å². The zero-order chi connectivity index (χ0) is 24.6. The van der Waals surface area contributed by atoms with Crippen molar-refractivity contribution in [2.24, 2.45) is 17.4 Å². The van der Waals surface area contributed by atoms with Crippen LogP contribution in [0.3, 0.4) is 0 Å². The van der Waals surface area contributed by atoms with Crippen molar-refractivity contribution in [3.8, 4) is 0 Å². The number of nitrogens with zero attached hydrogens (tertiary/aromatic N) is 1. The van der Waals surface area contributed by atoms with Crippen LogP contribution in [0.25, 0.3) is 0 Å². The Morgan fingerprint density at radius 1 is 1.09 bits per heavy atom. The quantitative estimate of drug-likeness (QED) is 0.186. The van der Waals surface area contributed by atoms with Crippen molar-refractivity contribution in [1.29, 1.82) is 0 Å². The van der Waals surface area contributed by atoms with Crippen molar-refractivity contribution >= 4 is 35.6 Å². The van der Waals surface area contributed by atoms with E-state index in [0.717, 1.165) is 0 Å². The highest BCUT2D eigenvalue weighted by Gasteiger charge is 2.40. The van der Waals surface area contributed by atoms with Crippen molar-refractivity contribution in [3.63, 3.8) is 0 Å². The SMILES string of the molecule is CC(C)C(NC(=O)C(N)CCC(N)=O)C(=O)N1CCCC1C(=O)NC(CC(=O)O)C(=O)O. The molecule has 8 N–H and O–H groups in total. The van der Waals surface area contributed by atoms with E-state index < -0.39 is 66.2 Å². The van der Waals surface area contributed by atoms with Crippen LogP contribution >= 0.6 is 0 Å². The summed E-state index contributed by atoms with van der Waals surface area (Å²) in [6.07, 6.45) is -0.166. The number of hydrogen-bond donors (Lipinski definition) is 6. The minimum atomic E-state index is -1.64. The van der Waals surface area contributed by atoms with Gasteiger partial charge >= 0.3 is 11.9 Å². The van der Waals surface area contributed by atoms with E-state index in [4.69, 9.17) is 21.7 Å². The summed E-state index contributed by atoms with van der Waals surface area (Å²) in [5, 5.41) is 22.7. The van der Waals surface area contributed by atoms with Gasteiger partial charge in [-0.05, 0) is 25.2 Å². The van der Waals surface area contributed by atoms with Gasteiger partial charge in [-0.1, -0.05) is 13.8 Å². The molecule has 0 aliphatic carbocycles. The zero-order valence-electron chi connectivity index (χ0n) is 18.1. The lowest BCUT2D eigenvalue weighted by atomic mass is 10.0. The van der Waals surface area contributed by atoms with Gasteiger partial charge in [0.25, 0.3) is 0 Å². The van der Waals surface area contributed by atoms with Crippen LogP contribution in [-0.2, 0) is 28.8 Å². The standard InChI is InChI=1S/C19H31N5O8/c1-9(2)15(23-16(28)10(20)5-6-13(21)25)18(30)24-7-3-4-12(24)17(29)22-11(19(31)32)8-14(26)27/h9-12,15H,3-8,20H2,1-2H3,(H2,21,25)(H,22,29)(H,23,28)(H,26,27)(H,31,32). The maximum atomic E-state index is 13.1. The van der Waals surface area contributed by atoms with Gasteiger partial charge in [0, 0.05) is 13.0 Å². The molecule has 1 aliphatic rings. The second kappa shape index (κ2) is 12.0. The molecule has 1 rings (SSSR count). The minimum absolute atomic E-state index is 0.00900. The molecule has 1 heterocycles. The molecule has 1 fully saturated rings. The van der Waals surface area contributed by atoms with Crippen LogP contribution in [0.5, 0.6) is 0 Å². The number of amides is 4. The molecule has 0 aromatic rings. The lowest BCUT2D eigenvalue weighted by molar-refractivity contribution is -0.148. The molecule has 0 bridgehead atoms. The average Bonchev–Trinajstić information content (AvgIpc) is 3.18. The molecule has 0 aromatic carbocycles. The van der Waals surface area contributed by atoms with Crippen LogP contribution in [0.1, 0.15) is 46.0 Å². The van der Waals surface area contributed by atoms with Gasteiger partial charge in [0.2, 0.25) is 23.6 Å². The van der Waals surface area contributed by atoms with E-state index in [9.17, 15) is 28.8 Å². The topological polar surface area (TPSA) is 222 Å². The number of nitrogens with two attached hydrogens (primary N) is 2. The molecular weight excluding hydrogens is 426 g/mol. The van der Waals surface area contributed by atoms with Gasteiger partial charge in [0.1, 0.15) is 18.1 Å². The first-order valence-electron chi connectivity index (χ1n) is 10.2. The molecule has 0 saturated carbocycles. The van der Waals surface area contributed by atoms with Gasteiger partial charge in [-0.2, -0.15) is 0 Å². The molecule has 0 spiro atoms. The largest absolute Gasteiger partial charge is 0.481 e. The van der Waals surface area contributed by atoms with Crippen molar-refractivity contribution in [1.82, 2.24) is 15.5 Å². The zero-order valence-corrected chi connectivity index (χ0v) is 18.1. The van der Waals surface area contributed by atoms with E-state index in [2.05, 4.69) is 10.6 Å². The number of likely N-dealkylation sites (tertiary alicyclic amines) is 1. The molecule has 13 nitrogen and oxygen atoms in total. The fourth-order valence-corrected chi connectivity index (χ4v) is 3.33. The van der Waals surface area contributed by atoms with Crippen molar-refractivity contribution in [2.75, 3.05) is 6.54 Å². The normalized spacial score (nSPS) is 18.5. The molecule has 180 valence electrons. The molecule has 4 atom stereocenters. The molecule has 0 aromatic heterocycles. The molecule has 4 unspecified atom stereocenters. The van der Waals surface area contributed by atoms with Crippen LogP contribution in [0.15, 0.2) is 0 Å². The summed E-state index contributed by atoms with van der Waals surface area (Å²) in [5.41, 5.74) is 10.8. The Bertz CT molecular complexity index is 756. The van der Waals surface area contributed by atoms with E-state index in [1.165, 1.54) is 4.90 Å². The number of hydrogen-bond acceptors (Lipinski definition) is 7. The fourth-order valence-electron chi connectivity index (χ4n) is 3.33. The van der Waals surface area contributed by atoms with Gasteiger partial charge in [0.15, 0.2) is 0 Å². The highest BCUT2D eigenvalue weighted by molar-refractivity contribution is 5.95. The smallest absolute Gasteiger partial charge is 0.326 e. The molecule has 1 aliphatic heterocycles. The first kappa shape index (κ1) is 26.8. The summed E-state index contributed by atoms with van der Waals surface area (Å²) < 4.78 is 0. The second-order valence-corrected chi connectivity index (χ2v) is 8.03. The predicted molar refractivity (Wildman–Crippen MR) is 110 cm³/mol. The van der Waals surface area contributed by atoms with E-state index in [0.29, 0.717) is 6.42 Å². The lowest BCUT2D eigenvalue weighted by Gasteiger charge is -2.31. The number of carbonyl (C=O) groups is 6. The first-order valence-corrected chi connectivity index (χ1v) is 10.2. The van der Waals surface area contributed by atoms with Crippen LogP contribution in [0.2, 0.25) is 0 Å². The van der Waals surface area contributed by atoms with Crippen molar-refractivity contribution < 1.29 is 39.0 Å². The Balaban J connectivity index is 2.90. The number of aliphatic carboxylic acids is 2. The third kappa shape index (κ3) is 7.80. The molecule has 32 heavy (non-hydrogen) atoms.